The van der Waals surface area contributed by atoms with Crippen LogP contribution in [-0.4, -0.2) is 29.3 Å². The first-order valence-corrected chi connectivity index (χ1v) is 8.22. The number of carbonyl (C=O) groups excluding carboxylic acids is 1. The third-order valence-electron chi connectivity index (χ3n) is 6.55. The quantitative estimate of drug-likeness (QED) is 0.738. The van der Waals surface area contributed by atoms with Gasteiger partial charge in [0.1, 0.15) is 11.8 Å². The molecule has 6 atom stereocenters. The highest BCUT2D eigenvalue weighted by molar-refractivity contribution is 6.02. The summed E-state index contributed by atoms with van der Waals surface area (Å²) in [4.78, 5) is 11.6. The number of carbonyl (C=O) groups is 1. The number of hydrogen-bond acceptors (Lipinski definition) is 2. The van der Waals surface area contributed by atoms with Gasteiger partial charge in [0.25, 0.3) is 0 Å². The van der Waals surface area contributed by atoms with E-state index >= 15 is 4.39 Å². The third kappa shape index (κ3) is 1.41. The summed E-state index contributed by atoms with van der Waals surface area (Å²) in [6, 6.07) is 0. The molecule has 3 fully saturated rings. The Morgan fingerprint density at radius 2 is 2.14 bits per heavy atom. The molecule has 1 spiro atoms. The average Bonchev–Trinajstić information content (AvgIpc) is 2.44. The zero-order valence-corrected chi connectivity index (χ0v) is 13.2. The Bertz CT molecular complexity index is 608. The Morgan fingerprint density at radius 3 is 2.82 bits per heavy atom. The molecular weight excluding hydrogens is 286 g/mol. The summed E-state index contributed by atoms with van der Waals surface area (Å²) in [6.45, 7) is 6.32. The molecule has 0 aromatic rings. The van der Waals surface area contributed by atoms with Crippen LogP contribution in [0.4, 0.5) is 8.78 Å². The summed E-state index contributed by atoms with van der Waals surface area (Å²) in [5.41, 5.74) is -2.77. The summed E-state index contributed by atoms with van der Waals surface area (Å²) < 4.78 is 36.9. The van der Waals surface area contributed by atoms with Gasteiger partial charge in [-0.25, -0.2) is 8.78 Å². The second-order valence-electron chi connectivity index (χ2n) is 7.96. The molecular formula is C18H22F2O2. The summed E-state index contributed by atoms with van der Waals surface area (Å²) in [5, 5.41) is 0. The van der Waals surface area contributed by atoms with Crippen LogP contribution in [0.5, 0.6) is 0 Å². The molecule has 0 aromatic carbocycles. The van der Waals surface area contributed by atoms with Crippen molar-refractivity contribution >= 4 is 5.78 Å². The fraction of sp³-hybridized carbons (Fsp3) is 0.722. The van der Waals surface area contributed by atoms with Gasteiger partial charge in [0.05, 0.1) is 6.10 Å². The van der Waals surface area contributed by atoms with Crippen molar-refractivity contribution in [2.45, 2.75) is 63.6 Å². The fourth-order valence-electron chi connectivity index (χ4n) is 5.66. The Labute approximate surface area is 129 Å². The third-order valence-corrected chi connectivity index (χ3v) is 6.55. The molecule has 0 aromatic heterocycles. The highest BCUT2D eigenvalue weighted by atomic mass is 19.1. The first kappa shape index (κ1) is 14.6. The van der Waals surface area contributed by atoms with E-state index in [0.717, 1.165) is 6.42 Å². The number of hydrogen-bond donors (Lipinski definition) is 0. The topological polar surface area (TPSA) is 26.3 Å². The maximum absolute atomic E-state index is 16.2. The largest absolute Gasteiger partial charge is 0.356 e. The minimum Gasteiger partial charge on any atom is -0.356 e. The van der Waals surface area contributed by atoms with Gasteiger partial charge in [-0.15, -0.1) is 0 Å². The molecule has 1 saturated heterocycles. The van der Waals surface area contributed by atoms with Crippen LogP contribution in [0.25, 0.3) is 0 Å². The highest BCUT2D eigenvalue weighted by Gasteiger charge is 2.79. The van der Waals surface area contributed by atoms with Crippen molar-refractivity contribution in [3.63, 3.8) is 0 Å². The summed E-state index contributed by atoms with van der Waals surface area (Å²) in [6.07, 6.45) is 3.90. The number of halogens is 2. The molecule has 2 saturated carbocycles. The molecule has 1 heterocycles. The lowest BCUT2D eigenvalue weighted by molar-refractivity contribution is -0.354. The maximum atomic E-state index is 16.2. The van der Waals surface area contributed by atoms with Crippen LogP contribution in [0, 0.1) is 17.3 Å². The number of rotatable bonds is 1. The predicted molar refractivity (Wildman–Crippen MR) is 78.9 cm³/mol. The second kappa shape index (κ2) is 4.08. The van der Waals surface area contributed by atoms with Crippen molar-refractivity contribution in [1.29, 1.82) is 0 Å². The number of alkyl halides is 2. The molecule has 22 heavy (non-hydrogen) atoms. The Kier molecular flexibility index (Phi) is 2.70. The number of allylic oxidation sites excluding steroid dienone is 2. The van der Waals surface area contributed by atoms with Gasteiger partial charge in [0.15, 0.2) is 11.5 Å². The molecule has 3 aliphatic carbocycles. The normalized spacial score (nSPS) is 51.5. The summed E-state index contributed by atoms with van der Waals surface area (Å²) >= 11 is 0. The molecule has 0 radical (unpaired) electrons. The Hall–Kier alpha value is -1.03. The monoisotopic (exact) mass is 308 g/mol. The van der Waals surface area contributed by atoms with Crippen LogP contribution in [-0.2, 0) is 9.53 Å². The van der Waals surface area contributed by atoms with Crippen LogP contribution in [0.3, 0.4) is 0 Å². The van der Waals surface area contributed by atoms with E-state index in [4.69, 9.17) is 4.74 Å². The molecule has 4 aliphatic rings. The van der Waals surface area contributed by atoms with Crippen molar-refractivity contribution in [1.82, 2.24) is 0 Å². The molecule has 0 bridgehead atoms. The van der Waals surface area contributed by atoms with Gasteiger partial charge < -0.3 is 4.74 Å². The van der Waals surface area contributed by atoms with E-state index in [9.17, 15) is 9.18 Å². The van der Waals surface area contributed by atoms with Crippen molar-refractivity contribution < 1.29 is 18.3 Å². The zero-order chi connectivity index (χ0) is 15.9. The molecule has 4 heteroatoms. The van der Waals surface area contributed by atoms with Gasteiger partial charge in [-0.3, -0.25) is 4.79 Å². The van der Waals surface area contributed by atoms with Crippen LogP contribution in [0.2, 0.25) is 0 Å². The molecule has 0 N–H and O–H groups in total. The van der Waals surface area contributed by atoms with Gasteiger partial charge in [0.2, 0.25) is 0 Å². The lowest BCUT2D eigenvalue weighted by atomic mass is 9.45. The van der Waals surface area contributed by atoms with Gasteiger partial charge in [-0.1, -0.05) is 27.2 Å². The molecule has 0 amide bonds. The van der Waals surface area contributed by atoms with E-state index < -0.39 is 23.5 Å². The summed E-state index contributed by atoms with van der Waals surface area (Å²) in [5.74, 6) is -0.508. The standard InChI is InChI=1S/C18H22F2O2/c1-4-11-12-8-14(19)13-7-10(21)5-6-17(13)18(12,20)15(22-17)9-16(11,2)3/h5-7,11-12,14-15H,4,8-9H2,1-3H3/t11?,12?,14-,15?,17-,18-/m0/s1. The van der Waals surface area contributed by atoms with E-state index in [2.05, 4.69) is 20.8 Å². The first-order valence-electron chi connectivity index (χ1n) is 8.22. The smallest absolute Gasteiger partial charge is 0.178 e. The van der Waals surface area contributed by atoms with E-state index in [1.165, 1.54) is 18.2 Å². The first-order chi connectivity index (χ1) is 10.3. The maximum Gasteiger partial charge on any atom is 0.178 e. The van der Waals surface area contributed by atoms with E-state index in [0.29, 0.717) is 6.42 Å². The Balaban J connectivity index is 1.85. The van der Waals surface area contributed by atoms with Gasteiger partial charge >= 0.3 is 0 Å². The second-order valence-corrected chi connectivity index (χ2v) is 7.96. The molecule has 3 unspecified atom stereocenters. The van der Waals surface area contributed by atoms with Crippen LogP contribution >= 0.6 is 0 Å². The summed E-state index contributed by atoms with van der Waals surface area (Å²) in [7, 11) is 0. The van der Waals surface area contributed by atoms with Gasteiger partial charge in [0, 0.05) is 11.5 Å². The van der Waals surface area contributed by atoms with Crippen LogP contribution < -0.4 is 0 Å². The Morgan fingerprint density at radius 1 is 1.41 bits per heavy atom. The van der Waals surface area contributed by atoms with Crippen molar-refractivity contribution in [3.05, 3.63) is 23.8 Å². The van der Waals surface area contributed by atoms with Gasteiger partial charge in [-0.2, -0.15) is 0 Å². The minimum atomic E-state index is -1.57. The SMILES string of the molecule is CCC1C2C[C@H](F)C3=CC(=O)C=C[C@]34OC(CC1(C)C)[C@@]24F. The predicted octanol–water partition coefficient (Wildman–Crippen LogP) is 3.71. The molecule has 4 rings (SSSR count). The number of ketones is 1. The van der Waals surface area contributed by atoms with Crippen molar-refractivity contribution in [2.75, 3.05) is 0 Å². The fourth-order valence-corrected chi connectivity index (χ4v) is 5.66. The highest BCUT2D eigenvalue weighted by Crippen LogP contribution is 2.69. The van der Waals surface area contributed by atoms with Crippen LogP contribution in [0.15, 0.2) is 23.8 Å². The van der Waals surface area contributed by atoms with Gasteiger partial charge in [-0.05, 0) is 42.4 Å². The molecule has 120 valence electrons. The lowest BCUT2D eigenvalue weighted by Gasteiger charge is -2.70. The van der Waals surface area contributed by atoms with Crippen LogP contribution in [0.1, 0.15) is 40.0 Å². The van der Waals surface area contributed by atoms with E-state index in [1.54, 1.807) is 0 Å². The molecule has 2 nitrogen and oxygen atoms in total. The van der Waals surface area contributed by atoms with Crippen molar-refractivity contribution in [2.24, 2.45) is 17.3 Å². The van der Waals surface area contributed by atoms with Crippen molar-refractivity contribution in [3.8, 4) is 0 Å². The lowest BCUT2D eigenvalue weighted by Crippen LogP contribution is -2.81. The minimum absolute atomic E-state index is 0.0591. The average molecular weight is 308 g/mol. The number of ether oxygens (including phenoxy) is 1. The van der Waals surface area contributed by atoms with E-state index in [-0.39, 0.29) is 35.0 Å². The molecule has 1 aliphatic heterocycles. The van der Waals surface area contributed by atoms with E-state index in [1.807, 2.05) is 0 Å². The zero-order valence-electron chi connectivity index (χ0n) is 13.2.